The summed E-state index contributed by atoms with van der Waals surface area (Å²) in [5, 5.41) is 14.0. The predicted octanol–water partition coefficient (Wildman–Crippen LogP) is 4.86. The average Bonchev–Trinajstić information content (AvgIpc) is 3.03. The Morgan fingerprint density at radius 1 is 1.43 bits per heavy atom. The molecule has 1 amide bonds. The molecule has 1 heterocycles. The molecule has 0 spiro atoms. The van der Waals surface area contributed by atoms with E-state index in [1.165, 1.54) is 30.6 Å². The van der Waals surface area contributed by atoms with E-state index in [0.29, 0.717) is 16.5 Å². The normalized spacial score (nSPS) is 15.6. The lowest BCUT2D eigenvalue weighted by Gasteiger charge is -2.20. The van der Waals surface area contributed by atoms with Crippen LogP contribution in [0.4, 0.5) is 10.7 Å². The van der Waals surface area contributed by atoms with Crippen molar-refractivity contribution in [3.05, 3.63) is 54.9 Å². The van der Waals surface area contributed by atoms with Crippen molar-refractivity contribution in [1.82, 2.24) is 0 Å². The number of nitro benzene ring substituents is 1. The highest BCUT2D eigenvalue weighted by molar-refractivity contribution is 7.17. The van der Waals surface area contributed by atoms with E-state index in [4.69, 9.17) is 16.3 Å². The van der Waals surface area contributed by atoms with E-state index >= 15 is 0 Å². The largest absolute Gasteiger partial charge is 0.465 e. The molecule has 9 heteroatoms. The van der Waals surface area contributed by atoms with Crippen molar-refractivity contribution in [3.63, 3.8) is 0 Å². The number of nitro groups is 1. The Morgan fingerprint density at radius 2 is 2.18 bits per heavy atom. The van der Waals surface area contributed by atoms with Crippen molar-refractivity contribution >= 4 is 45.5 Å². The number of nitrogens with one attached hydrogen (secondary N) is 1. The van der Waals surface area contributed by atoms with Crippen LogP contribution in [0.2, 0.25) is 5.02 Å². The highest BCUT2D eigenvalue weighted by atomic mass is 35.5. The first-order chi connectivity index (χ1) is 13.3. The number of anilines is 1. The Morgan fingerprint density at radius 3 is 2.79 bits per heavy atom. The number of thiophene rings is 1. The molecule has 1 N–H and O–H groups in total. The number of amides is 1. The van der Waals surface area contributed by atoms with Crippen molar-refractivity contribution in [2.24, 2.45) is 5.92 Å². The Kier molecular flexibility index (Phi) is 6.00. The van der Waals surface area contributed by atoms with Crippen LogP contribution in [-0.2, 0) is 17.6 Å². The van der Waals surface area contributed by atoms with E-state index in [0.717, 1.165) is 42.2 Å². The topological polar surface area (TPSA) is 98.5 Å². The van der Waals surface area contributed by atoms with Crippen molar-refractivity contribution in [1.29, 1.82) is 0 Å². The molecule has 0 radical (unpaired) electrons. The molecule has 3 rings (SSSR count). The molecule has 1 aromatic carbocycles. The molecule has 2 aromatic rings. The van der Waals surface area contributed by atoms with E-state index in [9.17, 15) is 19.7 Å². The molecule has 1 atom stereocenters. The molecule has 0 saturated carbocycles. The molecular weight excluding hydrogens is 404 g/mol. The van der Waals surface area contributed by atoms with Crippen LogP contribution in [0.5, 0.6) is 0 Å². The van der Waals surface area contributed by atoms with Gasteiger partial charge in [-0.2, -0.15) is 0 Å². The fraction of sp³-hybridized carbons (Fsp3) is 0.368. The third-order valence-corrected chi connectivity index (χ3v) is 6.45. The van der Waals surface area contributed by atoms with Crippen molar-refractivity contribution < 1.29 is 19.2 Å². The minimum atomic E-state index is -0.583. The number of hydrogen-bond acceptors (Lipinski definition) is 6. The lowest BCUT2D eigenvalue weighted by atomic mass is 9.85. The van der Waals surface area contributed by atoms with Gasteiger partial charge in [-0.15, -0.1) is 11.3 Å². The molecule has 7 nitrogen and oxygen atoms in total. The number of halogens is 1. The molecule has 148 valence electrons. The standard InChI is InChI=1S/C19H19ClN2O5S/c1-3-10-4-6-13-15(8-10)28-18(16(13)19(24)27-2)21-17(23)12-7-5-11(22(25)26)9-14(12)20/h5,7,9-10H,3-4,6,8H2,1-2H3,(H,21,23)/t10-/m1/s1. The first-order valence-electron chi connectivity index (χ1n) is 8.83. The quantitative estimate of drug-likeness (QED) is 0.421. The molecule has 0 saturated heterocycles. The van der Waals surface area contributed by atoms with Gasteiger partial charge in [0.1, 0.15) is 5.00 Å². The van der Waals surface area contributed by atoms with Crippen molar-refractivity contribution in [2.75, 3.05) is 12.4 Å². The summed E-state index contributed by atoms with van der Waals surface area (Å²) in [6.07, 6.45) is 3.69. The van der Waals surface area contributed by atoms with Crippen LogP contribution in [0.3, 0.4) is 0 Å². The first kappa shape index (κ1) is 20.3. The summed E-state index contributed by atoms with van der Waals surface area (Å²) in [5.74, 6) is -0.461. The second-order valence-electron chi connectivity index (χ2n) is 6.59. The summed E-state index contributed by atoms with van der Waals surface area (Å²) >= 11 is 7.43. The van der Waals surface area contributed by atoms with Crippen LogP contribution in [0, 0.1) is 16.0 Å². The van der Waals surface area contributed by atoms with Gasteiger partial charge < -0.3 is 10.1 Å². The number of ether oxygens (including phenoxy) is 1. The fourth-order valence-corrected chi connectivity index (χ4v) is 4.99. The number of methoxy groups -OCH3 is 1. The Bertz CT molecular complexity index is 956. The smallest absolute Gasteiger partial charge is 0.341 e. The molecular formula is C19H19ClN2O5S. The maximum atomic E-state index is 12.7. The number of benzene rings is 1. The summed E-state index contributed by atoms with van der Waals surface area (Å²) in [6.45, 7) is 2.14. The molecule has 28 heavy (non-hydrogen) atoms. The molecule has 0 aliphatic heterocycles. The molecule has 1 aliphatic rings. The first-order valence-corrected chi connectivity index (χ1v) is 10.0. The zero-order valence-electron chi connectivity index (χ0n) is 15.4. The van der Waals surface area contributed by atoms with Gasteiger partial charge in [-0.3, -0.25) is 14.9 Å². The summed E-state index contributed by atoms with van der Waals surface area (Å²) in [7, 11) is 1.31. The molecule has 0 fully saturated rings. The van der Waals surface area contributed by atoms with Gasteiger partial charge >= 0.3 is 5.97 Å². The number of non-ortho nitro benzene ring substituents is 1. The second-order valence-corrected chi connectivity index (χ2v) is 8.10. The van der Waals surface area contributed by atoms with Gasteiger partial charge in [0.25, 0.3) is 11.6 Å². The Hall–Kier alpha value is -2.45. The zero-order valence-corrected chi connectivity index (χ0v) is 17.0. The monoisotopic (exact) mass is 422 g/mol. The summed E-state index contributed by atoms with van der Waals surface area (Å²) < 4.78 is 4.92. The lowest BCUT2D eigenvalue weighted by molar-refractivity contribution is -0.384. The van der Waals surface area contributed by atoms with E-state index in [1.54, 1.807) is 0 Å². The maximum Gasteiger partial charge on any atom is 0.341 e. The van der Waals surface area contributed by atoms with Crippen LogP contribution >= 0.6 is 22.9 Å². The second kappa shape index (κ2) is 8.28. The number of carbonyl (C=O) groups is 2. The molecule has 0 bridgehead atoms. The van der Waals surface area contributed by atoms with Crippen LogP contribution in [0.15, 0.2) is 18.2 Å². The number of hydrogen-bond donors (Lipinski definition) is 1. The van der Waals surface area contributed by atoms with Crippen LogP contribution < -0.4 is 5.32 Å². The average molecular weight is 423 g/mol. The number of nitrogens with zero attached hydrogens (tertiary/aromatic N) is 1. The minimum absolute atomic E-state index is 0.0290. The van der Waals surface area contributed by atoms with Gasteiger partial charge in [0.2, 0.25) is 0 Å². The predicted molar refractivity (Wildman–Crippen MR) is 108 cm³/mol. The minimum Gasteiger partial charge on any atom is -0.465 e. The van der Waals surface area contributed by atoms with Gasteiger partial charge in [-0.1, -0.05) is 24.9 Å². The van der Waals surface area contributed by atoms with Gasteiger partial charge in [0.05, 0.1) is 28.2 Å². The van der Waals surface area contributed by atoms with Crippen LogP contribution in [0.1, 0.15) is 50.9 Å². The zero-order chi connectivity index (χ0) is 20.4. The maximum absolute atomic E-state index is 12.7. The van der Waals surface area contributed by atoms with Gasteiger partial charge in [0, 0.05) is 17.0 Å². The van der Waals surface area contributed by atoms with E-state index in [2.05, 4.69) is 12.2 Å². The Labute approximate surface area is 170 Å². The van der Waals surface area contributed by atoms with Crippen LogP contribution in [0.25, 0.3) is 0 Å². The number of carbonyl (C=O) groups excluding carboxylic acids is 2. The van der Waals surface area contributed by atoms with Crippen LogP contribution in [-0.4, -0.2) is 23.9 Å². The SMILES string of the molecule is CC[C@@H]1CCc2c(sc(NC(=O)c3ccc([N+](=O)[O-])cc3Cl)c2C(=O)OC)C1. The fourth-order valence-electron chi connectivity index (χ4n) is 3.38. The number of fused-ring (bicyclic) bond motifs is 1. The van der Waals surface area contributed by atoms with E-state index in [-0.39, 0.29) is 16.3 Å². The third kappa shape index (κ3) is 3.88. The number of rotatable bonds is 5. The highest BCUT2D eigenvalue weighted by Gasteiger charge is 2.30. The lowest BCUT2D eigenvalue weighted by Crippen LogP contribution is -2.16. The van der Waals surface area contributed by atoms with E-state index < -0.39 is 16.8 Å². The molecule has 0 unspecified atom stereocenters. The molecule has 1 aromatic heterocycles. The van der Waals surface area contributed by atoms with Gasteiger partial charge in [-0.05, 0) is 36.8 Å². The highest BCUT2D eigenvalue weighted by Crippen LogP contribution is 2.41. The molecule has 1 aliphatic carbocycles. The van der Waals surface area contributed by atoms with Gasteiger partial charge in [-0.25, -0.2) is 4.79 Å². The summed E-state index contributed by atoms with van der Waals surface area (Å²) in [4.78, 5) is 36.4. The van der Waals surface area contributed by atoms with Crippen molar-refractivity contribution in [2.45, 2.75) is 32.6 Å². The van der Waals surface area contributed by atoms with Crippen molar-refractivity contribution in [3.8, 4) is 0 Å². The summed E-state index contributed by atoms with van der Waals surface area (Å²) in [6, 6.07) is 3.64. The summed E-state index contributed by atoms with van der Waals surface area (Å²) in [5.41, 5.74) is 1.23. The Balaban J connectivity index is 1.93. The van der Waals surface area contributed by atoms with E-state index in [1.807, 2.05) is 0 Å². The number of esters is 1. The van der Waals surface area contributed by atoms with Gasteiger partial charge in [0.15, 0.2) is 0 Å². The third-order valence-electron chi connectivity index (χ3n) is 4.97.